The van der Waals surface area contributed by atoms with Gasteiger partial charge in [0.05, 0.1) is 6.10 Å². The summed E-state index contributed by atoms with van der Waals surface area (Å²) in [6.07, 6.45) is 2.43. The Morgan fingerprint density at radius 3 is 1.94 bits per heavy atom. The Morgan fingerprint density at radius 1 is 1.12 bits per heavy atom. The second-order valence-corrected chi connectivity index (χ2v) is 7.20. The van der Waals surface area contributed by atoms with E-state index in [1.165, 1.54) is 0 Å². The van der Waals surface area contributed by atoms with Crippen LogP contribution >= 0.6 is 12.6 Å². The standard InChI is InChI=1S/C13H27NOS/c1-9(2)11(16)15-10-7-12(3,4)14-13(5,6)8-10/h9-11,14,16H,7-8H2,1-6H3. The van der Waals surface area contributed by atoms with E-state index in [1.54, 1.807) is 0 Å². The lowest BCUT2D eigenvalue weighted by molar-refractivity contribution is -0.0445. The highest BCUT2D eigenvalue weighted by Crippen LogP contribution is 2.32. The molecule has 1 aliphatic rings. The van der Waals surface area contributed by atoms with E-state index in [9.17, 15) is 0 Å². The largest absolute Gasteiger partial charge is 0.364 e. The molecule has 3 heteroatoms. The van der Waals surface area contributed by atoms with Crippen LogP contribution in [0.1, 0.15) is 54.4 Å². The first-order valence-electron chi connectivity index (χ1n) is 6.24. The van der Waals surface area contributed by atoms with E-state index in [-0.39, 0.29) is 16.5 Å². The number of hydrogen-bond donors (Lipinski definition) is 2. The van der Waals surface area contributed by atoms with E-state index >= 15 is 0 Å². The number of rotatable bonds is 3. The minimum atomic E-state index is 0.0506. The summed E-state index contributed by atoms with van der Waals surface area (Å²) in [7, 11) is 0. The van der Waals surface area contributed by atoms with Crippen molar-refractivity contribution in [3.8, 4) is 0 Å². The van der Waals surface area contributed by atoms with Crippen LogP contribution in [0.4, 0.5) is 0 Å². The van der Waals surface area contributed by atoms with Gasteiger partial charge in [0, 0.05) is 11.1 Å². The van der Waals surface area contributed by atoms with Crippen molar-refractivity contribution in [2.75, 3.05) is 0 Å². The number of thiol groups is 1. The Bertz CT molecular complexity index is 222. The fourth-order valence-electron chi connectivity index (χ4n) is 2.68. The minimum absolute atomic E-state index is 0.0506. The van der Waals surface area contributed by atoms with Gasteiger partial charge in [0.2, 0.25) is 0 Å². The normalized spacial score (nSPS) is 27.0. The number of nitrogens with one attached hydrogen (secondary N) is 1. The third kappa shape index (κ3) is 4.27. The molecule has 1 unspecified atom stereocenters. The predicted octanol–water partition coefficient (Wildman–Crippen LogP) is 3.22. The maximum atomic E-state index is 6.05. The van der Waals surface area contributed by atoms with Gasteiger partial charge in [-0.25, -0.2) is 0 Å². The first kappa shape index (κ1) is 14.3. The molecule has 0 saturated carbocycles. The molecule has 0 aromatic rings. The molecule has 1 fully saturated rings. The summed E-state index contributed by atoms with van der Waals surface area (Å²) in [6.45, 7) is 13.3. The summed E-state index contributed by atoms with van der Waals surface area (Å²) >= 11 is 4.51. The fraction of sp³-hybridized carbons (Fsp3) is 1.00. The van der Waals surface area contributed by atoms with E-state index in [1.807, 2.05) is 0 Å². The Hall–Kier alpha value is 0.270. The highest BCUT2D eigenvalue weighted by molar-refractivity contribution is 7.80. The summed E-state index contributed by atoms with van der Waals surface area (Å²) in [6, 6.07) is 0. The molecule has 1 atom stereocenters. The zero-order valence-electron chi connectivity index (χ0n) is 11.5. The average Bonchev–Trinajstić information content (AvgIpc) is 1.96. The van der Waals surface area contributed by atoms with Gasteiger partial charge >= 0.3 is 0 Å². The SMILES string of the molecule is CC(C)C(S)OC1CC(C)(C)NC(C)(C)C1. The van der Waals surface area contributed by atoms with Gasteiger partial charge in [-0.2, -0.15) is 0 Å². The van der Waals surface area contributed by atoms with Crippen LogP contribution in [0.2, 0.25) is 0 Å². The molecule has 0 aromatic heterocycles. The van der Waals surface area contributed by atoms with Crippen LogP contribution in [0.5, 0.6) is 0 Å². The molecule has 0 bridgehead atoms. The molecule has 1 heterocycles. The van der Waals surface area contributed by atoms with Crippen LogP contribution in [0, 0.1) is 5.92 Å². The van der Waals surface area contributed by atoms with Gasteiger partial charge < -0.3 is 10.1 Å². The van der Waals surface area contributed by atoms with Gasteiger partial charge in [0.25, 0.3) is 0 Å². The smallest absolute Gasteiger partial charge is 0.103 e. The van der Waals surface area contributed by atoms with Crippen LogP contribution in [0.3, 0.4) is 0 Å². The van der Waals surface area contributed by atoms with E-state index in [4.69, 9.17) is 4.74 Å². The lowest BCUT2D eigenvalue weighted by Crippen LogP contribution is -2.59. The first-order chi connectivity index (χ1) is 7.11. The van der Waals surface area contributed by atoms with Gasteiger partial charge in [0.1, 0.15) is 5.44 Å². The molecule has 1 aliphatic heterocycles. The van der Waals surface area contributed by atoms with E-state index in [2.05, 4.69) is 59.5 Å². The molecule has 2 nitrogen and oxygen atoms in total. The van der Waals surface area contributed by atoms with Gasteiger partial charge in [0.15, 0.2) is 0 Å². The summed E-state index contributed by atoms with van der Waals surface area (Å²) in [5.41, 5.74) is 0.350. The van der Waals surface area contributed by atoms with Crippen LogP contribution < -0.4 is 5.32 Å². The summed E-state index contributed by atoms with van der Waals surface area (Å²) < 4.78 is 6.05. The quantitative estimate of drug-likeness (QED) is 0.588. The molecule has 1 N–H and O–H groups in total. The molecule has 0 amide bonds. The molecule has 0 radical (unpaired) electrons. The van der Waals surface area contributed by atoms with Crippen molar-refractivity contribution in [1.82, 2.24) is 5.32 Å². The van der Waals surface area contributed by atoms with Crippen LogP contribution in [0.15, 0.2) is 0 Å². The van der Waals surface area contributed by atoms with Crippen LogP contribution in [-0.4, -0.2) is 22.6 Å². The van der Waals surface area contributed by atoms with Gasteiger partial charge in [-0.1, -0.05) is 13.8 Å². The van der Waals surface area contributed by atoms with Gasteiger partial charge in [-0.15, -0.1) is 12.6 Å². The van der Waals surface area contributed by atoms with Crippen molar-refractivity contribution in [3.05, 3.63) is 0 Å². The van der Waals surface area contributed by atoms with Crippen molar-refractivity contribution in [2.45, 2.75) is 77.0 Å². The molecule has 0 spiro atoms. The van der Waals surface area contributed by atoms with Gasteiger partial charge in [-0.3, -0.25) is 0 Å². The second kappa shape index (κ2) is 4.87. The molecular weight excluding hydrogens is 218 g/mol. The van der Waals surface area contributed by atoms with Crippen molar-refractivity contribution in [2.24, 2.45) is 5.92 Å². The molecule has 0 aliphatic carbocycles. The highest BCUT2D eigenvalue weighted by atomic mass is 32.1. The maximum absolute atomic E-state index is 6.05. The first-order valence-corrected chi connectivity index (χ1v) is 6.76. The molecular formula is C13H27NOS. The van der Waals surface area contributed by atoms with Crippen LogP contribution in [0.25, 0.3) is 0 Å². The lowest BCUT2D eigenvalue weighted by atomic mass is 9.81. The zero-order chi connectivity index (χ0) is 12.6. The summed E-state index contributed by atoms with van der Waals surface area (Å²) in [5.74, 6) is 0.462. The second-order valence-electron chi connectivity index (χ2n) is 6.69. The van der Waals surface area contributed by atoms with Crippen molar-refractivity contribution >= 4 is 12.6 Å². The number of ether oxygens (including phenoxy) is 1. The average molecular weight is 245 g/mol. The third-order valence-electron chi connectivity index (χ3n) is 3.05. The zero-order valence-corrected chi connectivity index (χ0v) is 12.4. The number of piperidine rings is 1. The highest BCUT2D eigenvalue weighted by Gasteiger charge is 2.38. The van der Waals surface area contributed by atoms with Crippen molar-refractivity contribution in [3.63, 3.8) is 0 Å². The van der Waals surface area contributed by atoms with Crippen molar-refractivity contribution in [1.29, 1.82) is 0 Å². The van der Waals surface area contributed by atoms with E-state index in [0.717, 1.165) is 12.8 Å². The molecule has 1 rings (SSSR count). The molecule has 96 valence electrons. The molecule has 16 heavy (non-hydrogen) atoms. The monoisotopic (exact) mass is 245 g/mol. The minimum Gasteiger partial charge on any atom is -0.364 e. The van der Waals surface area contributed by atoms with Crippen molar-refractivity contribution < 1.29 is 4.74 Å². The topological polar surface area (TPSA) is 21.3 Å². The Kier molecular flexibility index (Phi) is 4.36. The fourth-order valence-corrected chi connectivity index (χ4v) is 2.85. The van der Waals surface area contributed by atoms with E-state index in [0.29, 0.717) is 12.0 Å². The Morgan fingerprint density at radius 2 is 1.56 bits per heavy atom. The van der Waals surface area contributed by atoms with Gasteiger partial charge in [-0.05, 0) is 46.5 Å². The van der Waals surface area contributed by atoms with Crippen LogP contribution in [-0.2, 0) is 4.74 Å². The molecule has 1 saturated heterocycles. The molecule has 0 aromatic carbocycles. The third-order valence-corrected chi connectivity index (χ3v) is 3.77. The number of hydrogen-bond acceptors (Lipinski definition) is 3. The Balaban J connectivity index is 2.61. The lowest BCUT2D eigenvalue weighted by Gasteiger charge is -2.47. The summed E-state index contributed by atoms with van der Waals surface area (Å²) in [4.78, 5) is 0. The summed E-state index contributed by atoms with van der Waals surface area (Å²) in [5, 5.41) is 3.66. The predicted molar refractivity (Wildman–Crippen MR) is 73.0 cm³/mol. The maximum Gasteiger partial charge on any atom is 0.103 e. The van der Waals surface area contributed by atoms with E-state index < -0.39 is 0 Å². The Labute approximate surface area is 106 Å².